The van der Waals surface area contributed by atoms with E-state index in [9.17, 15) is 9.59 Å². The van der Waals surface area contributed by atoms with Crippen molar-refractivity contribution in [1.29, 1.82) is 0 Å². The maximum atomic E-state index is 11.2. The average molecular weight is 449 g/mol. The van der Waals surface area contributed by atoms with Crippen LogP contribution in [0.4, 0.5) is 0 Å². The van der Waals surface area contributed by atoms with Crippen molar-refractivity contribution in [3.05, 3.63) is 44.3 Å². The molecule has 4 rings (SSSR count). The van der Waals surface area contributed by atoms with E-state index in [-0.39, 0.29) is 11.9 Å². The molecular weight excluding hydrogens is 424 g/mol. The summed E-state index contributed by atoms with van der Waals surface area (Å²) in [6, 6.07) is 0. The zero-order chi connectivity index (χ0) is 21.3. The van der Waals surface area contributed by atoms with Crippen molar-refractivity contribution in [1.82, 2.24) is 20.6 Å². The van der Waals surface area contributed by atoms with E-state index in [4.69, 9.17) is 0 Å². The fourth-order valence-electron chi connectivity index (χ4n) is 2.91. The second kappa shape index (κ2) is 11.1. The molecule has 2 aliphatic heterocycles. The third-order valence-corrected chi connectivity index (χ3v) is 6.16. The topological polar surface area (TPSA) is 102 Å². The highest BCUT2D eigenvalue weighted by atomic mass is 32.1. The van der Waals surface area contributed by atoms with Gasteiger partial charge in [0, 0.05) is 23.8 Å². The number of hydrogen-bond acceptors (Lipinski definition) is 10. The Labute approximate surface area is 183 Å². The molecule has 0 radical (unpaired) electrons. The smallest absolute Gasteiger partial charge is 0.367 e. The number of carbonyl (C=O) groups excluding carboxylic acids is 2. The minimum absolute atomic E-state index is 0.360. The van der Waals surface area contributed by atoms with Gasteiger partial charge in [0.25, 0.3) is 0 Å². The molecule has 0 unspecified atom stereocenters. The molecule has 0 aliphatic carbocycles. The first-order valence-corrected chi connectivity index (χ1v) is 11.3. The lowest BCUT2D eigenvalue weighted by Gasteiger charge is -2.11. The second-order valence-corrected chi connectivity index (χ2v) is 8.14. The summed E-state index contributed by atoms with van der Waals surface area (Å²) >= 11 is 2.66. The minimum Gasteiger partial charge on any atom is -0.464 e. The van der Waals surface area contributed by atoms with Gasteiger partial charge in [0.15, 0.2) is 0 Å². The predicted octanol–water partition coefficient (Wildman–Crippen LogP) is 2.61. The summed E-state index contributed by atoms with van der Waals surface area (Å²) in [4.78, 5) is 30.9. The number of hydrogen-bond donors (Lipinski definition) is 2. The van der Waals surface area contributed by atoms with Gasteiger partial charge >= 0.3 is 11.9 Å². The van der Waals surface area contributed by atoms with Gasteiger partial charge in [-0.05, 0) is 37.1 Å². The lowest BCUT2D eigenvalue weighted by molar-refractivity contribution is 0.0591. The van der Waals surface area contributed by atoms with Crippen LogP contribution in [-0.4, -0.2) is 62.3 Å². The first-order chi connectivity index (χ1) is 14.6. The molecule has 2 aromatic rings. The number of esters is 2. The zero-order valence-corrected chi connectivity index (χ0v) is 18.5. The van der Waals surface area contributed by atoms with Crippen LogP contribution in [0.3, 0.4) is 0 Å². The summed E-state index contributed by atoms with van der Waals surface area (Å²) in [6.45, 7) is 3.69. The molecule has 2 N–H and O–H groups in total. The van der Waals surface area contributed by atoms with E-state index in [1.807, 2.05) is 10.8 Å². The Hall–Kier alpha value is -2.40. The van der Waals surface area contributed by atoms with E-state index in [0.717, 1.165) is 50.4 Å². The Morgan fingerprint density at radius 2 is 1.27 bits per heavy atom. The van der Waals surface area contributed by atoms with Crippen LogP contribution in [0.5, 0.6) is 0 Å². The molecule has 8 nitrogen and oxygen atoms in total. The maximum Gasteiger partial charge on any atom is 0.367 e. The Kier molecular flexibility index (Phi) is 8.26. The SMILES string of the molecule is COC(=O)c1nc(C2=CCNCC2)cs1.COC(=O)c1nc(C2=CCNCC2)cs1. The number of thiazole rings is 2. The van der Waals surface area contributed by atoms with Crippen LogP contribution < -0.4 is 10.6 Å². The standard InChI is InChI=1S/2C10H12N2O2S/c2*1-14-10(13)9-12-8(6-15-9)7-2-4-11-5-3-7/h2*2,6,11H,3-5H2,1H3. The monoisotopic (exact) mass is 448 g/mol. The molecular formula is C20H24N4O4S2. The first-order valence-electron chi connectivity index (χ1n) is 9.50. The Morgan fingerprint density at radius 1 is 0.833 bits per heavy atom. The molecule has 160 valence electrons. The molecule has 0 saturated heterocycles. The molecule has 0 bridgehead atoms. The largest absolute Gasteiger partial charge is 0.464 e. The molecule has 30 heavy (non-hydrogen) atoms. The highest BCUT2D eigenvalue weighted by molar-refractivity contribution is 7.12. The number of methoxy groups -OCH3 is 2. The van der Waals surface area contributed by atoms with Gasteiger partial charge in [-0.3, -0.25) is 0 Å². The minimum atomic E-state index is -0.360. The van der Waals surface area contributed by atoms with E-state index < -0.39 is 0 Å². The summed E-state index contributed by atoms with van der Waals surface area (Å²) in [5, 5.41) is 11.1. The Balaban J connectivity index is 0.000000171. The molecule has 0 saturated carbocycles. The zero-order valence-electron chi connectivity index (χ0n) is 16.9. The maximum absolute atomic E-state index is 11.2. The van der Waals surface area contributed by atoms with Crippen LogP contribution in [0.15, 0.2) is 22.9 Å². The van der Waals surface area contributed by atoms with Crippen molar-refractivity contribution < 1.29 is 19.1 Å². The molecule has 0 fully saturated rings. The van der Waals surface area contributed by atoms with Gasteiger partial charge in [-0.15, -0.1) is 22.7 Å². The van der Waals surface area contributed by atoms with Crippen LogP contribution in [0, 0.1) is 0 Å². The third kappa shape index (κ3) is 5.82. The van der Waals surface area contributed by atoms with Crippen molar-refractivity contribution in [2.24, 2.45) is 0 Å². The molecule has 2 aliphatic rings. The van der Waals surface area contributed by atoms with Crippen molar-refractivity contribution in [2.75, 3.05) is 40.4 Å². The van der Waals surface area contributed by atoms with Gasteiger partial charge in [-0.2, -0.15) is 0 Å². The summed E-state index contributed by atoms with van der Waals surface area (Å²) in [7, 11) is 2.74. The second-order valence-electron chi connectivity index (χ2n) is 6.43. The number of nitrogens with zero attached hydrogens (tertiary/aromatic N) is 2. The van der Waals surface area contributed by atoms with Crippen LogP contribution in [0.1, 0.15) is 43.8 Å². The number of ether oxygens (including phenoxy) is 2. The third-order valence-electron chi connectivity index (χ3n) is 4.51. The average Bonchev–Trinajstić information content (AvgIpc) is 3.50. The van der Waals surface area contributed by atoms with Gasteiger partial charge < -0.3 is 20.1 Å². The summed E-state index contributed by atoms with van der Waals surface area (Å²) in [6.07, 6.45) is 6.15. The summed E-state index contributed by atoms with van der Waals surface area (Å²) in [5.74, 6) is -0.721. The van der Waals surface area contributed by atoms with E-state index in [2.05, 4.69) is 42.2 Å². The molecule has 0 aromatic carbocycles. The van der Waals surface area contributed by atoms with Crippen LogP contribution in [0.25, 0.3) is 11.1 Å². The van der Waals surface area contributed by atoms with E-state index >= 15 is 0 Å². The summed E-state index contributed by atoms with van der Waals surface area (Å²) in [5.41, 5.74) is 4.23. The van der Waals surface area contributed by atoms with Gasteiger partial charge in [0.1, 0.15) is 0 Å². The van der Waals surface area contributed by atoms with Crippen molar-refractivity contribution in [3.63, 3.8) is 0 Å². The number of rotatable bonds is 4. The van der Waals surface area contributed by atoms with E-state index in [1.165, 1.54) is 48.0 Å². The Morgan fingerprint density at radius 3 is 1.60 bits per heavy atom. The van der Waals surface area contributed by atoms with Crippen LogP contribution >= 0.6 is 22.7 Å². The number of carbonyl (C=O) groups is 2. The summed E-state index contributed by atoms with van der Waals surface area (Å²) < 4.78 is 9.23. The highest BCUT2D eigenvalue weighted by Gasteiger charge is 2.15. The van der Waals surface area contributed by atoms with Crippen LogP contribution in [0.2, 0.25) is 0 Å². The van der Waals surface area contributed by atoms with Crippen molar-refractivity contribution >= 4 is 45.8 Å². The molecule has 2 aromatic heterocycles. The lowest BCUT2D eigenvalue weighted by Crippen LogP contribution is -2.20. The van der Waals surface area contributed by atoms with Crippen LogP contribution in [-0.2, 0) is 9.47 Å². The first kappa shape index (κ1) is 22.3. The number of aromatic nitrogens is 2. The highest BCUT2D eigenvalue weighted by Crippen LogP contribution is 2.23. The van der Waals surface area contributed by atoms with Crippen molar-refractivity contribution in [2.45, 2.75) is 12.8 Å². The molecule has 4 heterocycles. The van der Waals surface area contributed by atoms with E-state index in [1.54, 1.807) is 0 Å². The Bertz CT molecular complexity index is 872. The normalized spacial score (nSPS) is 15.9. The quantitative estimate of drug-likeness (QED) is 0.688. The van der Waals surface area contributed by atoms with Gasteiger partial charge in [0.05, 0.1) is 25.6 Å². The molecule has 0 atom stereocenters. The van der Waals surface area contributed by atoms with Gasteiger partial charge in [0.2, 0.25) is 10.0 Å². The lowest BCUT2D eigenvalue weighted by atomic mass is 10.1. The fourth-order valence-corrected chi connectivity index (χ4v) is 4.43. The molecule has 0 spiro atoms. The number of nitrogens with one attached hydrogen (secondary N) is 2. The van der Waals surface area contributed by atoms with Gasteiger partial charge in [-0.1, -0.05) is 12.2 Å². The van der Waals surface area contributed by atoms with E-state index in [0.29, 0.717) is 10.0 Å². The molecule has 0 amide bonds. The predicted molar refractivity (Wildman–Crippen MR) is 118 cm³/mol. The van der Waals surface area contributed by atoms with Crippen molar-refractivity contribution in [3.8, 4) is 0 Å². The fraction of sp³-hybridized carbons (Fsp3) is 0.400. The molecule has 10 heteroatoms. The van der Waals surface area contributed by atoms with Gasteiger partial charge in [-0.25, -0.2) is 19.6 Å².